The fourth-order valence-electron chi connectivity index (χ4n) is 3.12. The van der Waals surface area contributed by atoms with Gasteiger partial charge in [-0.15, -0.1) is 0 Å². The molecule has 4 rings (SSSR count). The van der Waals surface area contributed by atoms with Gasteiger partial charge in [0.05, 0.1) is 28.4 Å². The second kappa shape index (κ2) is 6.89. The van der Waals surface area contributed by atoms with E-state index in [2.05, 4.69) is 26.3 Å². The number of nitrogens with one attached hydrogen (secondary N) is 2. The molecule has 2 aliphatic rings. The molecule has 1 aromatic carbocycles. The molecule has 2 aliphatic heterocycles. The Hall–Kier alpha value is -0.950. The number of hydrogen-bond acceptors (Lipinski definition) is 5. The van der Waals surface area contributed by atoms with E-state index in [0.717, 1.165) is 78.5 Å². The molecule has 1 aromatic heterocycles. The molecule has 0 bridgehead atoms. The van der Waals surface area contributed by atoms with E-state index in [4.69, 9.17) is 16.3 Å². The van der Waals surface area contributed by atoms with Crippen LogP contribution >= 0.6 is 23.4 Å². The van der Waals surface area contributed by atoms with E-state index in [1.807, 2.05) is 6.07 Å². The number of fused-ring (bicyclic) bond motifs is 1. The molecular weight excluding hydrogens is 332 g/mol. The van der Waals surface area contributed by atoms with Gasteiger partial charge in [0.2, 0.25) is 0 Å². The average molecular weight is 353 g/mol. The van der Waals surface area contributed by atoms with E-state index in [1.54, 1.807) is 11.8 Å². The molecule has 0 aliphatic carbocycles. The highest BCUT2D eigenvalue weighted by Gasteiger charge is 2.18. The zero-order valence-corrected chi connectivity index (χ0v) is 14.6. The van der Waals surface area contributed by atoms with E-state index in [-0.39, 0.29) is 0 Å². The number of aromatic nitrogens is 2. The number of ether oxygens (including phenoxy) is 1. The lowest BCUT2D eigenvalue weighted by Gasteiger charge is -2.30. The predicted octanol–water partition coefficient (Wildman–Crippen LogP) is 2.75. The van der Waals surface area contributed by atoms with Gasteiger partial charge in [-0.05, 0) is 24.5 Å². The van der Waals surface area contributed by atoms with Crippen LogP contribution in [0.3, 0.4) is 0 Å². The van der Waals surface area contributed by atoms with Crippen LogP contribution in [-0.2, 0) is 4.74 Å². The lowest BCUT2D eigenvalue weighted by molar-refractivity contribution is 0.189. The molecule has 2 saturated heterocycles. The summed E-state index contributed by atoms with van der Waals surface area (Å²) < 4.78 is 5.43. The van der Waals surface area contributed by atoms with Crippen molar-refractivity contribution in [1.82, 2.24) is 15.3 Å². The van der Waals surface area contributed by atoms with Crippen molar-refractivity contribution in [2.45, 2.75) is 11.6 Å². The first kappa shape index (κ1) is 15.6. The van der Waals surface area contributed by atoms with Crippen LogP contribution in [0.25, 0.3) is 11.0 Å². The van der Waals surface area contributed by atoms with Crippen LogP contribution < -0.4 is 10.2 Å². The maximum atomic E-state index is 6.49. The largest absolute Gasteiger partial charge is 0.381 e. The Kier molecular flexibility index (Phi) is 4.66. The Bertz CT molecular complexity index is 680. The molecule has 2 N–H and O–H groups in total. The summed E-state index contributed by atoms with van der Waals surface area (Å²) in [5.74, 6) is 1.70. The van der Waals surface area contributed by atoms with Gasteiger partial charge in [0.25, 0.3) is 0 Å². The van der Waals surface area contributed by atoms with E-state index >= 15 is 0 Å². The van der Waals surface area contributed by atoms with Crippen LogP contribution in [0, 0.1) is 5.92 Å². The lowest BCUT2D eigenvalue weighted by Crippen LogP contribution is -2.43. The van der Waals surface area contributed by atoms with Crippen LogP contribution in [0.15, 0.2) is 17.3 Å². The van der Waals surface area contributed by atoms with Crippen LogP contribution in [0.4, 0.5) is 5.69 Å². The molecule has 2 aromatic rings. The van der Waals surface area contributed by atoms with Gasteiger partial charge in [0.1, 0.15) is 0 Å². The number of rotatable bonds is 4. The predicted molar refractivity (Wildman–Crippen MR) is 95.8 cm³/mol. The Morgan fingerprint density at radius 2 is 2.22 bits per heavy atom. The Labute approximate surface area is 145 Å². The molecule has 124 valence electrons. The van der Waals surface area contributed by atoms with Crippen LogP contribution in [0.2, 0.25) is 5.02 Å². The topological polar surface area (TPSA) is 53.2 Å². The molecule has 1 unspecified atom stereocenters. The summed E-state index contributed by atoms with van der Waals surface area (Å²) in [7, 11) is 0. The Morgan fingerprint density at radius 3 is 3.00 bits per heavy atom. The number of thioether (sulfide) groups is 1. The summed E-state index contributed by atoms with van der Waals surface area (Å²) in [5.41, 5.74) is 3.11. The molecule has 3 heterocycles. The third kappa shape index (κ3) is 3.45. The van der Waals surface area contributed by atoms with E-state index in [0.29, 0.717) is 5.92 Å². The summed E-state index contributed by atoms with van der Waals surface area (Å²) in [6.45, 7) is 5.76. The minimum Gasteiger partial charge on any atom is -0.381 e. The molecular formula is C16H21ClN4OS. The molecule has 1 atom stereocenters. The number of benzene rings is 1. The first-order chi connectivity index (χ1) is 11.3. The average Bonchev–Trinajstić information content (AvgIpc) is 3.22. The van der Waals surface area contributed by atoms with Crippen molar-refractivity contribution in [2.24, 2.45) is 5.92 Å². The highest BCUT2D eigenvalue weighted by molar-refractivity contribution is 7.99. The van der Waals surface area contributed by atoms with Crippen LogP contribution in [-0.4, -0.2) is 55.1 Å². The van der Waals surface area contributed by atoms with Crippen molar-refractivity contribution >= 4 is 40.1 Å². The Morgan fingerprint density at radius 1 is 1.35 bits per heavy atom. The zero-order valence-electron chi connectivity index (χ0n) is 13.0. The number of anilines is 1. The highest BCUT2D eigenvalue weighted by atomic mass is 35.5. The third-order valence-electron chi connectivity index (χ3n) is 4.47. The number of nitrogens with zero attached hydrogens (tertiary/aromatic N) is 2. The van der Waals surface area contributed by atoms with Gasteiger partial charge in [0, 0.05) is 38.5 Å². The van der Waals surface area contributed by atoms with E-state index < -0.39 is 0 Å². The second-order valence-electron chi connectivity index (χ2n) is 6.14. The van der Waals surface area contributed by atoms with Crippen LogP contribution in [0.1, 0.15) is 6.42 Å². The van der Waals surface area contributed by atoms with E-state index in [9.17, 15) is 0 Å². The van der Waals surface area contributed by atoms with Crippen molar-refractivity contribution in [3.8, 4) is 0 Å². The lowest BCUT2D eigenvalue weighted by atomic mass is 10.2. The van der Waals surface area contributed by atoms with Gasteiger partial charge in [-0.25, -0.2) is 4.98 Å². The number of imidazole rings is 1. The second-order valence-corrected chi connectivity index (χ2v) is 7.56. The van der Waals surface area contributed by atoms with Crippen molar-refractivity contribution in [3.63, 3.8) is 0 Å². The fraction of sp³-hybridized carbons (Fsp3) is 0.562. The number of halogens is 1. The monoisotopic (exact) mass is 352 g/mol. The first-order valence-corrected chi connectivity index (χ1v) is 9.51. The summed E-state index contributed by atoms with van der Waals surface area (Å²) in [6, 6.07) is 4.12. The van der Waals surface area contributed by atoms with Gasteiger partial charge >= 0.3 is 0 Å². The standard InChI is InChI=1S/C16H21ClN4OS/c17-12-7-13-14(8-15(12)21-4-2-18-3-5-21)20-16(19-13)23-10-11-1-6-22-9-11/h7-8,11,18H,1-6,9-10H2,(H,19,20). The summed E-state index contributed by atoms with van der Waals surface area (Å²) in [6.07, 6.45) is 1.16. The molecule has 0 radical (unpaired) electrons. The maximum Gasteiger partial charge on any atom is 0.166 e. The van der Waals surface area contributed by atoms with Gasteiger partial charge in [-0.3, -0.25) is 0 Å². The number of piperazine rings is 1. The summed E-state index contributed by atoms with van der Waals surface area (Å²) >= 11 is 8.26. The van der Waals surface area contributed by atoms with Gasteiger partial charge in [-0.2, -0.15) is 0 Å². The number of aromatic amines is 1. The first-order valence-electron chi connectivity index (χ1n) is 8.15. The molecule has 2 fully saturated rings. The van der Waals surface area contributed by atoms with Gasteiger partial charge < -0.3 is 19.9 Å². The van der Waals surface area contributed by atoms with Crippen molar-refractivity contribution in [2.75, 3.05) is 50.0 Å². The Balaban J connectivity index is 1.53. The molecule has 0 amide bonds. The molecule has 5 nitrogen and oxygen atoms in total. The molecule has 0 spiro atoms. The summed E-state index contributed by atoms with van der Waals surface area (Å²) in [4.78, 5) is 10.4. The van der Waals surface area contributed by atoms with Crippen molar-refractivity contribution in [1.29, 1.82) is 0 Å². The van der Waals surface area contributed by atoms with Gasteiger partial charge in [0.15, 0.2) is 5.16 Å². The van der Waals surface area contributed by atoms with E-state index in [1.165, 1.54) is 0 Å². The highest BCUT2D eigenvalue weighted by Crippen LogP contribution is 2.32. The SMILES string of the molecule is Clc1cc2nc(SCC3CCOC3)[nH]c2cc1N1CCNCC1. The smallest absolute Gasteiger partial charge is 0.166 e. The molecule has 23 heavy (non-hydrogen) atoms. The maximum absolute atomic E-state index is 6.49. The normalized spacial score (nSPS) is 22.1. The number of hydrogen-bond donors (Lipinski definition) is 2. The van der Waals surface area contributed by atoms with Gasteiger partial charge in [-0.1, -0.05) is 23.4 Å². The van der Waals surface area contributed by atoms with Crippen LogP contribution in [0.5, 0.6) is 0 Å². The summed E-state index contributed by atoms with van der Waals surface area (Å²) in [5, 5.41) is 5.13. The fourth-order valence-corrected chi connectivity index (χ4v) is 4.40. The zero-order chi connectivity index (χ0) is 15.6. The third-order valence-corrected chi connectivity index (χ3v) is 5.87. The minimum absolute atomic E-state index is 0.646. The number of H-pyrrole nitrogens is 1. The van der Waals surface area contributed by atoms with Crippen molar-refractivity contribution < 1.29 is 4.74 Å². The minimum atomic E-state index is 0.646. The van der Waals surface area contributed by atoms with Crippen molar-refractivity contribution in [3.05, 3.63) is 17.2 Å². The molecule has 0 saturated carbocycles. The quantitative estimate of drug-likeness (QED) is 0.829. The molecule has 7 heteroatoms.